The summed E-state index contributed by atoms with van der Waals surface area (Å²) in [6.45, 7) is 7.98. The van der Waals surface area contributed by atoms with Crippen LogP contribution < -0.4 is 15.1 Å². The van der Waals surface area contributed by atoms with Crippen LogP contribution in [0.15, 0.2) is 30.5 Å². The van der Waals surface area contributed by atoms with Crippen LogP contribution in [0.2, 0.25) is 0 Å². The highest BCUT2D eigenvalue weighted by atomic mass is 16.2. The first-order valence-corrected chi connectivity index (χ1v) is 10.7. The summed E-state index contributed by atoms with van der Waals surface area (Å²) in [6, 6.07) is 8.11. The first kappa shape index (κ1) is 18.8. The Balaban J connectivity index is 1.33. The maximum atomic E-state index is 12.1. The lowest BCUT2D eigenvalue weighted by atomic mass is 10.1. The van der Waals surface area contributed by atoms with Gasteiger partial charge in [-0.1, -0.05) is 13.0 Å². The highest BCUT2D eigenvalue weighted by Crippen LogP contribution is 2.30. The predicted molar refractivity (Wildman–Crippen MR) is 117 cm³/mol. The number of rotatable bonds is 5. The van der Waals surface area contributed by atoms with Gasteiger partial charge in [0.25, 0.3) is 0 Å². The largest absolute Gasteiger partial charge is 0.368 e. The van der Waals surface area contributed by atoms with Gasteiger partial charge >= 0.3 is 0 Å². The van der Waals surface area contributed by atoms with Crippen molar-refractivity contribution in [3.05, 3.63) is 41.7 Å². The zero-order chi connectivity index (χ0) is 20.7. The first-order valence-electron chi connectivity index (χ1n) is 10.7. The fraction of sp³-hybridized carbons (Fsp3) is 0.455. The van der Waals surface area contributed by atoms with Gasteiger partial charge in [0, 0.05) is 49.7 Å². The van der Waals surface area contributed by atoms with Crippen molar-refractivity contribution in [2.75, 3.05) is 41.3 Å². The topological polar surface area (TPSA) is 78.7 Å². The molecule has 1 aliphatic heterocycles. The Bertz CT molecular complexity index is 1080. The van der Waals surface area contributed by atoms with E-state index >= 15 is 0 Å². The van der Waals surface area contributed by atoms with E-state index in [1.165, 1.54) is 16.9 Å². The molecule has 0 aromatic carbocycles. The number of anilines is 3. The van der Waals surface area contributed by atoms with E-state index in [1.807, 2.05) is 22.8 Å². The summed E-state index contributed by atoms with van der Waals surface area (Å²) in [7, 11) is 0. The van der Waals surface area contributed by atoms with Crippen LogP contribution in [0.1, 0.15) is 31.0 Å². The number of aromatic nitrogens is 4. The van der Waals surface area contributed by atoms with Crippen molar-refractivity contribution in [1.82, 2.24) is 19.6 Å². The number of nitrogens with zero attached hydrogens (tertiary/aromatic N) is 6. The van der Waals surface area contributed by atoms with Crippen LogP contribution in [0.4, 0.5) is 17.5 Å². The van der Waals surface area contributed by atoms with Gasteiger partial charge in [-0.3, -0.25) is 15.1 Å². The van der Waals surface area contributed by atoms with Crippen molar-refractivity contribution >= 4 is 29.0 Å². The van der Waals surface area contributed by atoms with E-state index < -0.39 is 0 Å². The molecule has 0 spiro atoms. The van der Waals surface area contributed by atoms with Crippen molar-refractivity contribution < 1.29 is 4.79 Å². The molecule has 0 unspecified atom stereocenters. The molecule has 2 fully saturated rings. The molecular formula is C22H27N7O. The van der Waals surface area contributed by atoms with Crippen LogP contribution in [0, 0.1) is 12.8 Å². The summed E-state index contributed by atoms with van der Waals surface area (Å²) in [4.78, 5) is 25.8. The van der Waals surface area contributed by atoms with Crippen LogP contribution >= 0.6 is 0 Å². The lowest BCUT2D eigenvalue weighted by Gasteiger charge is -2.38. The molecule has 30 heavy (non-hydrogen) atoms. The molecule has 3 aromatic rings. The second-order valence-corrected chi connectivity index (χ2v) is 8.08. The molecule has 0 bridgehead atoms. The molecule has 0 radical (unpaired) electrons. The van der Waals surface area contributed by atoms with Crippen molar-refractivity contribution in [3.8, 4) is 0 Å². The molecule has 1 N–H and O–H groups in total. The fourth-order valence-electron chi connectivity index (χ4n) is 4.18. The van der Waals surface area contributed by atoms with Gasteiger partial charge in [0.15, 0.2) is 5.65 Å². The molecule has 2 aliphatic rings. The minimum absolute atomic E-state index is 0.0280. The Morgan fingerprint density at radius 3 is 2.63 bits per heavy atom. The van der Waals surface area contributed by atoms with Gasteiger partial charge in [-0.25, -0.2) is 0 Å². The van der Waals surface area contributed by atoms with E-state index in [4.69, 9.17) is 0 Å². The maximum absolute atomic E-state index is 12.1. The van der Waals surface area contributed by atoms with Crippen LogP contribution in [0.5, 0.6) is 0 Å². The van der Waals surface area contributed by atoms with Crippen molar-refractivity contribution in [2.24, 2.45) is 5.92 Å². The number of amides is 1. The van der Waals surface area contributed by atoms with Gasteiger partial charge in [0.1, 0.15) is 5.82 Å². The fourth-order valence-corrected chi connectivity index (χ4v) is 4.18. The minimum Gasteiger partial charge on any atom is -0.368 e. The van der Waals surface area contributed by atoms with Crippen molar-refractivity contribution in [2.45, 2.75) is 33.1 Å². The van der Waals surface area contributed by atoms with Gasteiger partial charge in [-0.05, 0) is 49.9 Å². The maximum Gasteiger partial charge on any atom is 0.249 e. The molecule has 1 saturated heterocycles. The number of carbonyl (C=O) groups is 1. The van der Waals surface area contributed by atoms with Gasteiger partial charge in [0.2, 0.25) is 11.9 Å². The molecular weight excluding hydrogens is 378 g/mol. The lowest BCUT2D eigenvalue weighted by Crippen LogP contribution is -2.47. The molecule has 1 amide bonds. The number of nitrogens with one attached hydrogen (secondary N) is 1. The first-order chi connectivity index (χ1) is 14.6. The standard InChI is InChI=1S/C22H27N7O/c1-3-17-15(2)18(9-10-23-17)27-11-13-28(14-12-27)20-6-4-5-19-24-22(26-29(19)20)25-21(30)16-7-8-16/h4-6,9-10,16H,3,7-8,11-14H2,1-2H3,(H,25,26,30). The number of fused-ring (bicyclic) bond motifs is 1. The van der Waals surface area contributed by atoms with Gasteiger partial charge in [-0.2, -0.15) is 9.50 Å². The Labute approximate surface area is 175 Å². The van der Waals surface area contributed by atoms with E-state index in [2.05, 4.69) is 56.2 Å². The number of piperazine rings is 1. The van der Waals surface area contributed by atoms with Gasteiger partial charge in [-0.15, -0.1) is 5.10 Å². The van der Waals surface area contributed by atoms with Crippen molar-refractivity contribution in [3.63, 3.8) is 0 Å². The zero-order valence-electron chi connectivity index (χ0n) is 17.5. The molecule has 3 aromatic heterocycles. The molecule has 8 nitrogen and oxygen atoms in total. The highest BCUT2D eigenvalue weighted by molar-refractivity contribution is 5.92. The van der Waals surface area contributed by atoms with E-state index in [1.54, 1.807) is 0 Å². The predicted octanol–water partition coefficient (Wildman–Crippen LogP) is 2.67. The summed E-state index contributed by atoms with van der Waals surface area (Å²) in [5.41, 5.74) is 4.48. The Hall–Kier alpha value is -3.16. The third-order valence-corrected chi connectivity index (χ3v) is 6.08. The normalized spacial score (nSPS) is 16.9. The molecule has 0 atom stereocenters. The zero-order valence-corrected chi connectivity index (χ0v) is 17.5. The van der Waals surface area contributed by atoms with Gasteiger partial charge in [0.05, 0.1) is 0 Å². The summed E-state index contributed by atoms with van der Waals surface area (Å²) in [5, 5.41) is 7.42. The Morgan fingerprint density at radius 1 is 1.13 bits per heavy atom. The highest BCUT2D eigenvalue weighted by Gasteiger charge is 2.30. The molecule has 1 aliphatic carbocycles. The van der Waals surface area contributed by atoms with Crippen LogP contribution in [-0.4, -0.2) is 51.7 Å². The number of hydrogen-bond donors (Lipinski definition) is 1. The molecule has 5 rings (SSSR count). The SMILES string of the molecule is CCc1nccc(N2CCN(c3cccc4nc(NC(=O)C5CC5)nn34)CC2)c1C. The van der Waals surface area contributed by atoms with E-state index in [-0.39, 0.29) is 11.8 Å². The van der Waals surface area contributed by atoms with E-state index in [0.29, 0.717) is 5.95 Å². The average Bonchev–Trinajstić information content (AvgIpc) is 3.54. The average molecular weight is 406 g/mol. The number of carbonyl (C=O) groups excluding carboxylic acids is 1. The number of pyridine rings is 2. The lowest BCUT2D eigenvalue weighted by molar-refractivity contribution is -0.117. The summed E-state index contributed by atoms with van der Waals surface area (Å²) < 4.78 is 1.84. The summed E-state index contributed by atoms with van der Waals surface area (Å²) in [5.74, 6) is 1.55. The minimum atomic E-state index is 0.0280. The summed E-state index contributed by atoms with van der Waals surface area (Å²) in [6.07, 6.45) is 4.80. The monoisotopic (exact) mass is 405 g/mol. The third kappa shape index (κ3) is 3.46. The smallest absolute Gasteiger partial charge is 0.249 e. The number of hydrogen-bond acceptors (Lipinski definition) is 6. The molecule has 156 valence electrons. The Morgan fingerprint density at radius 2 is 1.90 bits per heavy atom. The summed E-state index contributed by atoms with van der Waals surface area (Å²) >= 11 is 0. The van der Waals surface area contributed by atoms with Gasteiger partial charge < -0.3 is 9.80 Å². The molecule has 8 heteroatoms. The van der Waals surface area contributed by atoms with Crippen LogP contribution in [0.25, 0.3) is 5.65 Å². The third-order valence-electron chi connectivity index (χ3n) is 6.08. The van der Waals surface area contributed by atoms with E-state index in [0.717, 1.165) is 56.9 Å². The van der Waals surface area contributed by atoms with Crippen LogP contribution in [-0.2, 0) is 11.2 Å². The van der Waals surface area contributed by atoms with Crippen molar-refractivity contribution in [1.29, 1.82) is 0 Å². The van der Waals surface area contributed by atoms with E-state index in [9.17, 15) is 4.79 Å². The number of aryl methyl sites for hydroxylation is 1. The second-order valence-electron chi connectivity index (χ2n) is 8.08. The molecule has 1 saturated carbocycles. The van der Waals surface area contributed by atoms with Crippen LogP contribution in [0.3, 0.4) is 0 Å². The Kier molecular flexibility index (Phi) is 4.77. The molecule has 4 heterocycles. The quantitative estimate of drug-likeness (QED) is 0.703. The second kappa shape index (κ2) is 7.59.